The number of hydrogen-bond donors (Lipinski definition) is 1. The van der Waals surface area contributed by atoms with Gasteiger partial charge >= 0.3 is 12.2 Å². The number of amides is 1. The van der Waals surface area contributed by atoms with E-state index in [1.54, 1.807) is 5.38 Å². The van der Waals surface area contributed by atoms with E-state index in [1.807, 2.05) is 4.90 Å². The number of carbonyl (C=O) groups is 1. The number of aryl methyl sites for hydroxylation is 1. The lowest BCUT2D eigenvalue weighted by atomic mass is 9.79. The molecule has 230 valence electrons. The highest BCUT2D eigenvalue weighted by Crippen LogP contribution is 2.46. The summed E-state index contributed by atoms with van der Waals surface area (Å²) in [6, 6.07) is 2.13. The van der Waals surface area contributed by atoms with Crippen molar-refractivity contribution in [3.05, 3.63) is 56.5 Å². The molecule has 0 saturated carbocycles. The standard InChI is InChI=1S/C28H23ClF5N7O2S/c1-13-7-17(35)37-23(20(13)28(32,33)34)19-15(29)8-14-22(21(19)31)38-26(43-2)39-24(14)40-5-3-27(10-40)11-41(12-27)25(42)16(30)9-18-36-4-6-44-18/h4,6-9H,3,5,10-12H2,1-2H3,(H2,35,37)/b16-9-. The van der Waals surface area contributed by atoms with Crippen LogP contribution in [-0.2, 0) is 11.0 Å². The highest BCUT2D eigenvalue weighted by Gasteiger charge is 2.50. The molecule has 0 atom stereocenters. The molecule has 0 bridgehead atoms. The van der Waals surface area contributed by atoms with Crippen molar-refractivity contribution in [2.24, 2.45) is 5.41 Å². The first-order valence-corrected chi connectivity index (χ1v) is 14.5. The maximum atomic E-state index is 16.2. The van der Waals surface area contributed by atoms with E-state index >= 15 is 4.39 Å². The summed E-state index contributed by atoms with van der Waals surface area (Å²) >= 11 is 7.68. The molecule has 2 N–H and O–H groups in total. The van der Waals surface area contributed by atoms with Crippen LogP contribution in [0, 0.1) is 18.2 Å². The SMILES string of the molecule is COc1nc(N2CCC3(CN(C(=O)/C(F)=C/c4nccs4)C3)C2)c2cc(Cl)c(-c3nc(N)cc(C)c3C(F)(F)F)c(F)c2n1. The van der Waals surface area contributed by atoms with E-state index in [0.29, 0.717) is 37.6 Å². The summed E-state index contributed by atoms with van der Waals surface area (Å²) in [4.78, 5) is 32.2. The first kappa shape index (κ1) is 29.9. The Morgan fingerprint density at radius 3 is 2.61 bits per heavy atom. The van der Waals surface area contributed by atoms with Gasteiger partial charge in [-0.05, 0) is 31.0 Å². The molecule has 16 heteroatoms. The highest BCUT2D eigenvalue weighted by atomic mass is 35.5. The second kappa shape index (κ2) is 10.8. The van der Waals surface area contributed by atoms with Gasteiger partial charge in [0, 0.05) is 54.6 Å². The van der Waals surface area contributed by atoms with Gasteiger partial charge in [0.05, 0.1) is 29.0 Å². The minimum absolute atomic E-state index is 0.146. The average molecular weight is 652 g/mol. The second-order valence-electron chi connectivity index (χ2n) is 10.8. The summed E-state index contributed by atoms with van der Waals surface area (Å²) < 4.78 is 78.2. The monoisotopic (exact) mass is 651 g/mol. The number of likely N-dealkylation sites (tertiary alicyclic amines) is 1. The average Bonchev–Trinajstić information content (AvgIpc) is 3.61. The van der Waals surface area contributed by atoms with Crippen molar-refractivity contribution in [3.8, 4) is 17.3 Å². The van der Waals surface area contributed by atoms with Crippen LogP contribution in [0.4, 0.5) is 33.6 Å². The summed E-state index contributed by atoms with van der Waals surface area (Å²) in [7, 11) is 1.28. The molecule has 2 aliphatic rings. The van der Waals surface area contributed by atoms with E-state index in [2.05, 4.69) is 19.9 Å². The summed E-state index contributed by atoms with van der Waals surface area (Å²) in [5.41, 5.74) is 2.29. The van der Waals surface area contributed by atoms with Crippen LogP contribution < -0.4 is 15.4 Å². The van der Waals surface area contributed by atoms with Crippen LogP contribution in [0.1, 0.15) is 22.6 Å². The van der Waals surface area contributed by atoms with Crippen LogP contribution in [0.2, 0.25) is 5.02 Å². The van der Waals surface area contributed by atoms with Gasteiger partial charge in [0.2, 0.25) is 0 Å². The summed E-state index contributed by atoms with van der Waals surface area (Å²) in [6.45, 7) is 2.62. The van der Waals surface area contributed by atoms with Gasteiger partial charge in [-0.15, -0.1) is 11.3 Å². The summed E-state index contributed by atoms with van der Waals surface area (Å²) in [5.74, 6) is -2.77. The van der Waals surface area contributed by atoms with Gasteiger partial charge in [-0.1, -0.05) is 11.6 Å². The number of nitrogen functional groups attached to an aromatic ring is 1. The lowest BCUT2D eigenvalue weighted by molar-refractivity contribution is -0.139. The Kier molecular flexibility index (Phi) is 7.35. The van der Waals surface area contributed by atoms with E-state index in [4.69, 9.17) is 22.1 Å². The third-order valence-corrected chi connectivity index (χ3v) is 8.79. The second-order valence-corrected chi connectivity index (χ2v) is 12.1. The number of benzene rings is 1. The van der Waals surface area contributed by atoms with Crippen LogP contribution >= 0.6 is 22.9 Å². The molecular formula is C28H23ClF5N7O2S. The minimum Gasteiger partial charge on any atom is -0.467 e. The van der Waals surface area contributed by atoms with Gasteiger partial charge in [-0.2, -0.15) is 23.1 Å². The fraction of sp³-hybridized carbons (Fsp3) is 0.321. The molecule has 2 saturated heterocycles. The summed E-state index contributed by atoms with van der Waals surface area (Å²) in [5, 5.41) is 1.86. The number of methoxy groups -OCH3 is 1. The largest absolute Gasteiger partial charge is 0.467 e. The molecule has 1 aromatic carbocycles. The summed E-state index contributed by atoms with van der Waals surface area (Å²) in [6.07, 6.45) is -1.64. The molecule has 1 amide bonds. The lowest BCUT2D eigenvalue weighted by Crippen LogP contribution is -2.59. The molecule has 2 aliphatic heterocycles. The predicted molar refractivity (Wildman–Crippen MR) is 155 cm³/mol. The number of anilines is 2. The zero-order valence-corrected chi connectivity index (χ0v) is 24.7. The lowest BCUT2D eigenvalue weighted by Gasteiger charge is -2.47. The number of hydrogen-bond acceptors (Lipinski definition) is 9. The molecule has 44 heavy (non-hydrogen) atoms. The van der Waals surface area contributed by atoms with Gasteiger partial charge in [0.25, 0.3) is 5.91 Å². The zero-order chi connectivity index (χ0) is 31.6. The Bertz CT molecular complexity index is 1830. The third kappa shape index (κ3) is 5.17. The van der Waals surface area contributed by atoms with E-state index in [-0.39, 0.29) is 44.6 Å². The number of pyridine rings is 1. The topological polar surface area (TPSA) is 110 Å². The maximum Gasteiger partial charge on any atom is 0.418 e. The van der Waals surface area contributed by atoms with Crippen molar-refractivity contribution < 1.29 is 31.5 Å². The molecule has 2 fully saturated rings. The number of alkyl halides is 3. The molecule has 9 nitrogen and oxygen atoms in total. The molecular weight excluding hydrogens is 629 g/mol. The number of fused-ring (bicyclic) bond motifs is 1. The van der Waals surface area contributed by atoms with Crippen molar-refractivity contribution in [1.82, 2.24) is 24.8 Å². The van der Waals surface area contributed by atoms with Gasteiger partial charge in [0.1, 0.15) is 22.2 Å². The van der Waals surface area contributed by atoms with Crippen LogP contribution in [0.5, 0.6) is 6.01 Å². The predicted octanol–water partition coefficient (Wildman–Crippen LogP) is 5.91. The Morgan fingerprint density at radius 2 is 1.95 bits per heavy atom. The van der Waals surface area contributed by atoms with Crippen LogP contribution in [0.25, 0.3) is 28.2 Å². The molecule has 1 spiro atoms. The number of rotatable bonds is 5. The van der Waals surface area contributed by atoms with Crippen molar-refractivity contribution in [1.29, 1.82) is 0 Å². The van der Waals surface area contributed by atoms with Gasteiger partial charge in [0.15, 0.2) is 11.6 Å². The minimum atomic E-state index is -4.87. The van der Waals surface area contributed by atoms with E-state index in [1.165, 1.54) is 42.5 Å². The molecule has 4 aromatic rings. The first-order chi connectivity index (χ1) is 20.8. The molecule has 6 rings (SSSR count). The number of thiazole rings is 1. The quantitative estimate of drug-likeness (QED) is 0.210. The zero-order valence-electron chi connectivity index (χ0n) is 23.2. The van der Waals surface area contributed by atoms with Crippen molar-refractivity contribution in [2.75, 3.05) is 43.9 Å². The number of aromatic nitrogens is 4. The number of halogens is 6. The van der Waals surface area contributed by atoms with Crippen molar-refractivity contribution in [2.45, 2.75) is 19.5 Å². The van der Waals surface area contributed by atoms with E-state index < -0.39 is 40.5 Å². The molecule has 0 unspecified atom stereocenters. The molecule has 5 heterocycles. The maximum absolute atomic E-state index is 16.2. The van der Waals surface area contributed by atoms with Crippen LogP contribution in [-0.4, -0.2) is 64.0 Å². The van der Waals surface area contributed by atoms with Crippen LogP contribution in [0.3, 0.4) is 0 Å². The Morgan fingerprint density at radius 1 is 1.20 bits per heavy atom. The smallest absolute Gasteiger partial charge is 0.418 e. The molecule has 0 aliphatic carbocycles. The van der Waals surface area contributed by atoms with Gasteiger partial charge in [-0.25, -0.2) is 18.7 Å². The Labute approximate surface area is 256 Å². The fourth-order valence-corrected chi connectivity index (χ4v) is 6.69. The fourth-order valence-electron chi connectivity index (χ4n) is 5.85. The number of nitrogens with zero attached hydrogens (tertiary/aromatic N) is 6. The number of carbonyl (C=O) groups excluding carboxylic acids is 1. The van der Waals surface area contributed by atoms with Gasteiger partial charge in [-0.3, -0.25) is 4.79 Å². The first-order valence-electron chi connectivity index (χ1n) is 13.2. The Balaban J connectivity index is 1.34. The van der Waals surface area contributed by atoms with Crippen molar-refractivity contribution >= 4 is 57.5 Å². The van der Waals surface area contributed by atoms with Crippen LogP contribution in [0.15, 0.2) is 29.5 Å². The highest BCUT2D eigenvalue weighted by molar-refractivity contribution is 7.10. The molecule has 0 radical (unpaired) electrons. The number of ether oxygens (including phenoxy) is 1. The third-order valence-electron chi connectivity index (χ3n) is 7.77. The number of nitrogens with two attached hydrogens (primary N) is 1. The molecule has 3 aromatic heterocycles. The van der Waals surface area contributed by atoms with E-state index in [9.17, 15) is 22.4 Å². The van der Waals surface area contributed by atoms with E-state index in [0.717, 1.165) is 12.1 Å². The van der Waals surface area contributed by atoms with Gasteiger partial charge < -0.3 is 20.3 Å². The normalized spacial score (nSPS) is 16.6. The Hall–Kier alpha value is -4.11. The van der Waals surface area contributed by atoms with Crippen molar-refractivity contribution in [3.63, 3.8) is 0 Å².